The van der Waals surface area contributed by atoms with Crippen LogP contribution in [0.5, 0.6) is 0 Å². The van der Waals surface area contributed by atoms with E-state index in [1.54, 1.807) is 0 Å². The largest absolute Gasteiger partial charge is 0.393 e. The van der Waals surface area contributed by atoms with Gasteiger partial charge in [0.1, 0.15) is 0 Å². The third kappa shape index (κ3) is 3.47. The first-order valence-corrected chi connectivity index (χ1v) is 14.3. The van der Waals surface area contributed by atoms with Gasteiger partial charge in [-0.2, -0.15) is 0 Å². The molecule has 2 heteroatoms. The molecule has 0 aliphatic heterocycles. The number of rotatable bonds is 4. The Hall–Kier alpha value is -0.0800. The van der Waals surface area contributed by atoms with E-state index in [0.717, 1.165) is 18.3 Å². The van der Waals surface area contributed by atoms with E-state index in [9.17, 15) is 5.11 Å². The van der Waals surface area contributed by atoms with Crippen molar-refractivity contribution in [3.8, 4) is 0 Å². The first kappa shape index (κ1) is 25.0. The summed E-state index contributed by atoms with van der Waals surface area (Å²) in [6.07, 6.45) is 12.5. The number of aliphatic hydroxyl groups is 1. The van der Waals surface area contributed by atoms with E-state index in [4.69, 9.17) is 0 Å². The molecule has 0 unspecified atom stereocenters. The summed E-state index contributed by atoms with van der Waals surface area (Å²) in [6, 6.07) is 0. The first-order valence-electron chi connectivity index (χ1n) is 13.5. The SMILES string of the molecule is CC(C)=C(Br)CC[C@@H](C)[C@H]1CC[C@@]2(C)C3=C(CC[C@]12C)[C@@]1(C)CC[C@H](O)C(C)(C)[C@H]1CC3. The van der Waals surface area contributed by atoms with E-state index >= 15 is 0 Å². The molecule has 1 N–H and O–H groups in total. The van der Waals surface area contributed by atoms with E-state index in [0.29, 0.717) is 22.2 Å². The van der Waals surface area contributed by atoms with Crippen molar-refractivity contribution in [1.29, 1.82) is 0 Å². The second-order valence-corrected chi connectivity index (χ2v) is 14.6. The van der Waals surface area contributed by atoms with Crippen molar-refractivity contribution in [2.24, 2.45) is 39.4 Å². The van der Waals surface area contributed by atoms with Crippen LogP contribution in [-0.2, 0) is 0 Å². The van der Waals surface area contributed by atoms with Crippen LogP contribution in [0.15, 0.2) is 21.2 Å². The number of halogens is 1. The van der Waals surface area contributed by atoms with Gasteiger partial charge in [0.15, 0.2) is 0 Å². The van der Waals surface area contributed by atoms with Crippen molar-refractivity contribution in [3.63, 3.8) is 0 Å². The summed E-state index contributed by atoms with van der Waals surface area (Å²) in [7, 11) is 0. The molecule has 0 heterocycles. The van der Waals surface area contributed by atoms with Crippen molar-refractivity contribution in [2.75, 3.05) is 0 Å². The Labute approximate surface area is 207 Å². The van der Waals surface area contributed by atoms with Gasteiger partial charge < -0.3 is 5.11 Å². The van der Waals surface area contributed by atoms with Gasteiger partial charge >= 0.3 is 0 Å². The normalized spacial score (nSPS) is 43.9. The van der Waals surface area contributed by atoms with Crippen molar-refractivity contribution in [3.05, 3.63) is 21.2 Å². The molecule has 0 spiro atoms. The highest BCUT2D eigenvalue weighted by Gasteiger charge is 2.63. The van der Waals surface area contributed by atoms with E-state index in [1.807, 2.05) is 11.1 Å². The molecule has 4 aliphatic rings. The predicted molar refractivity (Wildman–Crippen MR) is 141 cm³/mol. The summed E-state index contributed by atoms with van der Waals surface area (Å²) in [6.45, 7) is 19.6. The smallest absolute Gasteiger partial charge is 0.0594 e. The molecule has 0 amide bonds. The van der Waals surface area contributed by atoms with Crippen molar-refractivity contribution in [2.45, 2.75) is 126 Å². The Kier molecular flexibility index (Phi) is 6.45. The summed E-state index contributed by atoms with van der Waals surface area (Å²) < 4.78 is 1.41. The van der Waals surface area contributed by atoms with Crippen LogP contribution in [-0.4, -0.2) is 11.2 Å². The van der Waals surface area contributed by atoms with Crippen LogP contribution in [0.25, 0.3) is 0 Å². The minimum absolute atomic E-state index is 0.0399. The molecule has 4 aliphatic carbocycles. The average Bonchev–Trinajstić information content (AvgIpc) is 3.00. The molecule has 4 rings (SSSR count). The number of hydrogen-bond acceptors (Lipinski definition) is 1. The summed E-state index contributed by atoms with van der Waals surface area (Å²) in [5.41, 5.74) is 6.30. The second kappa shape index (κ2) is 8.25. The number of aliphatic hydroxyl groups excluding tert-OH is 1. The zero-order valence-electron chi connectivity index (χ0n) is 22.2. The standard InChI is InChI=1S/C30H49BrO/c1-19(2)24(31)11-9-20(3)21-13-17-30(8)23-10-12-25-27(4,5)26(32)15-16-28(25,6)22(23)14-18-29(21,30)7/h20-21,25-26,32H,9-18H2,1-8H3/t20-,21-,25-,26+,28-,29-,30+/m1/s1. The van der Waals surface area contributed by atoms with E-state index in [2.05, 4.69) is 71.3 Å². The van der Waals surface area contributed by atoms with Crippen LogP contribution < -0.4 is 0 Å². The predicted octanol–water partition coefficient (Wildman–Crippen LogP) is 9.20. The number of hydrogen-bond donors (Lipinski definition) is 1. The molecule has 0 aromatic carbocycles. The lowest BCUT2D eigenvalue weighted by Gasteiger charge is -2.62. The molecular formula is C30H49BrO. The van der Waals surface area contributed by atoms with Gasteiger partial charge in [-0.1, -0.05) is 74.2 Å². The van der Waals surface area contributed by atoms with E-state index in [1.165, 1.54) is 67.8 Å². The molecule has 0 radical (unpaired) electrons. The Morgan fingerprint density at radius 2 is 1.66 bits per heavy atom. The Bertz CT molecular complexity index is 817. The maximum absolute atomic E-state index is 10.8. The quantitative estimate of drug-likeness (QED) is 0.378. The zero-order chi connectivity index (χ0) is 23.7. The summed E-state index contributed by atoms with van der Waals surface area (Å²) in [5, 5.41) is 10.8. The molecule has 0 bridgehead atoms. The molecule has 0 aromatic rings. The summed E-state index contributed by atoms with van der Waals surface area (Å²) >= 11 is 3.82. The Morgan fingerprint density at radius 3 is 2.31 bits per heavy atom. The summed E-state index contributed by atoms with van der Waals surface area (Å²) in [4.78, 5) is 0. The fourth-order valence-corrected chi connectivity index (χ4v) is 9.66. The third-order valence-corrected chi connectivity index (χ3v) is 13.0. The van der Waals surface area contributed by atoms with Gasteiger partial charge in [0.05, 0.1) is 6.10 Å². The topological polar surface area (TPSA) is 20.2 Å². The Morgan fingerprint density at radius 1 is 0.969 bits per heavy atom. The molecule has 1 nitrogen and oxygen atoms in total. The fraction of sp³-hybridized carbons (Fsp3) is 0.867. The minimum atomic E-state index is -0.135. The second-order valence-electron chi connectivity index (χ2n) is 13.7. The highest BCUT2D eigenvalue weighted by atomic mass is 79.9. The first-order chi connectivity index (χ1) is 14.8. The lowest BCUT2D eigenvalue weighted by molar-refractivity contribution is -0.0962. The van der Waals surface area contributed by atoms with Crippen LogP contribution in [0.2, 0.25) is 0 Å². The number of allylic oxidation sites excluding steroid dienone is 4. The lowest BCUT2D eigenvalue weighted by atomic mass is 9.43. The van der Waals surface area contributed by atoms with E-state index < -0.39 is 0 Å². The molecule has 0 aromatic heterocycles. The monoisotopic (exact) mass is 504 g/mol. The highest BCUT2D eigenvalue weighted by molar-refractivity contribution is 9.11. The van der Waals surface area contributed by atoms with Gasteiger partial charge in [-0.05, 0) is 122 Å². The molecule has 2 saturated carbocycles. The van der Waals surface area contributed by atoms with Gasteiger partial charge in [-0.15, -0.1) is 0 Å². The maximum Gasteiger partial charge on any atom is 0.0594 e. The van der Waals surface area contributed by atoms with Crippen LogP contribution in [0.4, 0.5) is 0 Å². The number of fused-ring (bicyclic) bond motifs is 4. The zero-order valence-corrected chi connectivity index (χ0v) is 23.8. The lowest BCUT2D eigenvalue weighted by Crippen LogP contribution is -2.55. The van der Waals surface area contributed by atoms with Crippen molar-refractivity contribution >= 4 is 15.9 Å². The maximum atomic E-state index is 10.8. The molecule has 182 valence electrons. The summed E-state index contributed by atoms with van der Waals surface area (Å²) in [5.74, 6) is 2.25. The van der Waals surface area contributed by atoms with Crippen molar-refractivity contribution < 1.29 is 5.11 Å². The highest BCUT2D eigenvalue weighted by Crippen LogP contribution is 2.72. The Balaban J connectivity index is 1.64. The van der Waals surface area contributed by atoms with Gasteiger partial charge in [0.2, 0.25) is 0 Å². The van der Waals surface area contributed by atoms with Gasteiger partial charge in [-0.3, -0.25) is 0 Å². The fourth-order valence-electron chi connectivity index (χ4n) is 9.43. The van der Waals surface area contributed by atoms with Gasteiger partial charge in [-0.25, -0.2) is 0 Å². The molecular weight excluding hydrogens is 456 g/mol. The average molecular weight is 506 g/mol. The molecule has 0 saturated heterocycles. The van der Waals surface area contributed by atoms with Crippen LogP contribution in [0.3, 0.4) is 0 Å². The van der Waals surface area contributed by atoms with Gasteiger partial charge in [0, 0.05) is 0 Å². The van der Waals surface area contributed by atoms with Crippen molar-refractivity contribution in [1.82, 2.24) is 0 Å². The minimum Gasteiger partial charge on any atom is -0.393 e. The third-order valence-electron chi connectivity index (χ3n) is 11.8. The van der Waals surface area contributed by atoms with Gasteiger partial charge in [0.25, 0.3) is 0 Å². The molecule has 32 heavy (non-hydrogen) atoms. The van der Waals surface area contributed by atoms with Crippen LogP contribution in [0.1, 0.15) is 120 Å². The molecule has 2 fully saturated rings. The van der Waals surface area contributed by atoms with E-state index in [-0.39, 0.29) is 11.5 Å². The van der Waals surface area contributed by atoms with Crippen LogP contribution >= 0.6 is 15.9 Å². The molecule has 7 atom stereocenters. The van der Waals surface area contributed by atoms with Crippen LogP contribution in [0, 0.1) is 39.4 Å².